The molecule has 100 valence electrons. The van der Waals surface area contributed by atoms with Gasteiger partial charge in [0, 0.05) is 6.42 Å². The molecule has 2 rings (SSSR count). The zero-order valence-corrected chi connectivity index (χ0v) is 12.2. The van der Waals surface area contributed by atoms with Gasteiger partial charge in [-0.05, 0) is 55.2 Å². The third kappa shape index (κ3) is 2.95. The van der Waals surface area contributed by atoms with Crippen LogP contribution in [0, 0.1) is 19.3 Å². The third-order valence-electron chi connectivity index (χ3n) is 4.45. The molecular formula is C17H26O. The Hall–Kier alpha value is -0.820. The van der Waals surface area contributed by atoms with Crippen molar-refractivity contribution in [2.24, 2.45) is 5.41 Å². The smallest absolute Gasteiger partial charge is 0.0693 e. The molecule has 1 aromatic carbocycles. The van der Waals surface area contributed by atoms with Crippen molar-refractivity contribution in [3.63, 3.8) is 0 Å². The summed E-state index contributed by atoms with van der Waals surface area (Å²) < 4.78 is 0. The first kappa shape index (κ1) is 13.6. The quantitative estimate of drug-likeness (QED) is 0.830. The molecule has 1 saturated carbocycles. The summed E-state index contributed by atoms with van der Waals surface area (Å²) in [7, 11) is 0. The average molecular weight is 246 g/mol. The van der Waals surface area contributed by atoms with E-state index in [4.69, 9.17) is 0 Å². The van der Waals surface area contributed by atoms with Crippen LogP contribution in [0.1, 0.15) is 56.2 Å². The maximum Gasteiger partial charge on any atom is 0.0693 e. The summed E-state index contributed by atoms with van der Waals surface area (Å²) in [5.41, 5.74) is 3.75. The highest BCUT2D eigenvalue weighted by atomic mass is 16.3. The van der Waals surface area contributed by atoms with Crippen LogP contribution in [-0.4, -0.2) is 10.7 Å². The standard InChI is InChI=1S/C17H26O/c1-13-7-5-8-14(2)15(13)11-17(18)10-6-9-16(3,4)12-17/h5,7-8,18H,6,9-12H2,1-4H3. The minimum atomic E-state index is -0.501. The summed E-state index contributed by atoms with van der Waals surface area (Å²) in [4.78, 5) is 0. The topological polar surface area (TPSA) is 20.2 Å². The second kappa shape index (κ2) is 4.70. The lowest BCUT2D eigenvalue weighted by atomic mass is 9.67. The Morgan fingerprint density at radius 2 is 1.72 bits per heavy atom. The first-order chi connectivity index (χ1) is 8.31. The van der Waals surface area contributed by atoms with Gasteiger partial charge in [0.1, 0.15) is 0 Å². The minimum Gasteiger partial charge on any atom is -0.390 e. The zero-order valence-electron chi connectivity index (χ0n) is 12.2. The highest BCUT2D eigenvalue weighted by Crippen LogP contribution is 2.42. The number of aliphatic hydroxyl groups is 1. The van der Waals surface area contributed by atoms with Crippen LogP contribution in [0.5, 0.6) is 0 Å². The maximum atomic E-state index is 10.9. The predicted molar refractivity (Wildman–Crippen MR) is 76.8 cm³/mol. The van der Waals surface area contributed by atoms with Crippen LogP contribution in [0.2, 0.25) is 0 Å². The first-order valence-electron chi connectivity index (χ1n) is 7.09. The van der Waals surface area contributed by atoms with Gasteiger partial charge in [0.05, 0.1) is 5.60 Å². The van der Waals surface area contributed by atoms with E-state index in [1.54, 1.807) is 0 Å². The highest BCUT2D eigenvalue weighted by molar-refractivity contribution is 5.34. The van der Waals surface area contributed by atoms with Crippen LogP contribution < -0.4 is 0 Å². The number of rotatable bonds is 2. The van der Waals surface area contributed by atoms with Crippen molar-refractivity contribution in [2.45, 2.75) is 65.4 Å². The van der Waals surface area contributed by atoms with Crippen LogP contribution in [0.4, 0.5) is 0 Å². The van der Waals surface area contributed by atoms with E-state index in [0.29, 0.717) is 0 Å². The molecule has 1 fully saturated rings. The van der Waals surface area contributed by atoms with E-state index in [1.165, 1.54) is 23.1 Å². The fraction of sp³-hybridized carbons (Fsp3) is 0.647. The van der Waals surface area contributed by atoms with E-state index in [0.717, 1.165) is 25.7 Å². The largest absolute Gasteiger partial charge is 0.390 e. The fourth-order valence-corrected chi connectivity index (χ4v) is 3.57. The Kier molecular flexibility index (Phi) is 3.55. The molecule has 0 aromatic heterocycles. The average Bonchev–Trinajstić information content (AvgIpc) is 2.22. The van der Waals surface area contributed by atoms with Crippen molar-refractivity contribution in [1.82, 2.24) is 0 Å². The van der Waals surface area contributed by atoms with Crippen molar-refractivity contribution < 1.29 is 5.11 Å². The summed E-state index contributed by atoms with van der Waals surface area (Å²) in [6, 6.07) is 6.41. The van der Waals surface area contributed by atoms with Gasteiger partial charge in [-0.25, -0.2) is 0 Å². The Morgan fingerprint density at radius 3 is 2.28 bits per heavy atom. The molecule has 1 aromatic rings. The van der Waals surface area contributed by atoms with Crippen molar-refractivity contribution in [3.05, 3.63) is 34.9 Å². The minimum absolute atomic E-state index is 0.281. The lowest BCUT2D eigenvalue weighted by Crippen LogP contribution is -2.41. The summed E-state index contributed by atoms with van der Waals surface area (Å²) >= 11 is 0. The molecule has 1 nitrogen and oxygen atoms in total. The Morgan fingerprint density at radius 1 is 1.11 bits per heavy atom. The summed E-state index contributed by atoms with van der Waals surface area (Å²) in [6.45, 7) is 8.86. The van der Waals surface area contributed by atoms with E-state index in [2.05, 4.69) is 45.9 Å². The summed E-state index contributed by atoms with van der Waals surface area (Å²) in [5.74, 6) is 0. The van der Waals surface area contributed by atoms with E-state index in [1.807, 2.05) is 0 Å². The number of hydrogen-bond acceptors (Lipinski definition) is 1. The molecule has 0 amide bonds. The van der Waals surface area contributed by atoms with Gasteiger partial charge in [-0.1, -0.05) is 38.5 Å². The van der Waals surface area contributed by atoms with Gasteiger partial charge in [0.15, 0.2) is 0 Å². The molecule has 0 spiro atoms. The molecule has 18 heavy (non-hydrogen) atoms. The van der Waals surface area contributed by atoms with E-state index >= 15 is 0 Å². The Labute approximate surface area is 111 Å². The van der Waals surface area contributed by atoms with Crippen molar-refractivity contribution in [1.29, 1.82) is 0 Å². The van der Waals surface area contributed by atoms with E-state index < -0.39 is 5.60 Å². The van der Waals surface area contributed by atoms with Gasteiger partial charge in [-0.2, -0.15) is 0 Å². The molecule has 1 aliphatic rings. The van der Waals surface area contributed by atoms with Crippen molar-refractivity contribution in [2.75, 3.05) is 0 Å². The van der Waals surface area contributed by atoms with Crippen molar-refractivity contribution >= 4 is 0 Å². The SMILES string of the molecule is Cc1cccc(C)c1CC1(O)CCCC(C)(C)C1. The molecule has 0 aliphatic heterocycles. The molecule has 1 N–H and O–H groups in total. The lowest BCUT2D eigenvalue weighted by molar-refractivity contribution is -0.0384. The predicted octanol–water partition coefficient (Wildman–Crippen LogP) is 4.18. The van der Waals surface area contributed by atoms with Gasteiger partial charge < -0.3 is 5.11 Å². The van der Waals surface area contributed by atoms with Crippen LogP contribution in [0.15, 0.2) is 18.2 Å². The van der Waals surface area contributed by atoms with Gasteiger partial charge >= 0.3 is 0 Å². The highest BCUT2D eigenvalue weighted by Gasteiger charge is 2.38. The molecule has 1 atom stereocenters. The van der Waals surface area contributed by atoms with Gasteiger partial charge in [-0.15, -0.1) is 0 Å². The molecule has 1 aliphatic carbocycles. The molecule has 1 unspecified atom stereocenters. The fourth-order valence-electron chi connectivity index (χ4n) is 3.57. The molecule has 0 heterocycles. The number of aryl methyl sites for hydroxylation is 2. The van der Waals surface area contributed by atoms with E-state index in [-0.39, 0.29) is 5.41 Å². The van der Waals surface area contributed by atoms with E-state index in [9.17, 15) is 5.11 Å². The zero-order chi connectivity index (χ0) is 13.4. The van der Waals surface area contributed by atoms with Crippen LogP contribution in [-0.2, 0) is 6.42 Å². The summed E-state index contributed by atoms with van der Waals surface area (Å²) in [6.07, 6.45) is 5.07. The molecule has 0 saturated heterocycles. The molecular weight excluding hydrogens is 220 g/mol. The monoisotopic (exact) mass is 246 g/mol. The maximum absolute atomic E-state index is 10.9. The second-order valence-electron chi connectivity index (χ2n) is 6.97. The third-order valence-corrected chi connectivity index (χ3v) is 4.45. The molecule has 1 heteroatoms. The van der Waals surface area contributed by atoms with Crippen LogP contribution in [0.25, 0.3) is 0 Å². The molecule has 0 radical (unpaired) electrons. The van der Waals surface area contributed by atoms with Gasteiger partial charge in [0.2, 0.25) is 0 Å². The van der Waals surface area contributed by atoms with Crippen molar-refractivity contribution in [3.8, 4) is 0 Å². The Bertz CT molecular complexity index is 413. The second-order valence-corrected chi connectivity index (χ2v) is 6.97. The van der Waals surface area contributed by atoms with Gasteiger partial charge in [-0.3, -0.25) is 0 Å². The number of benzene rings is 1. The summed E-state index contributed by atoms with van der Waals surface area (Å²) in [5, 5.41) is 10.9. The van der Waals surface area contributed by atoms with Crippen LogP contribution >= 0.6 is 0 Å². The molecule has 0 bridgehead atoms. The first-order valence-corrected chi connectivity index (χ1v) is 7.09. The number of hydrogen-bond donors (Lipinski definition) is 1. The normalized spacial score (nSPS) is 27.2. The lowest BCUT2D eigenvalue weighted by Gasteiger charge is -2.42. The Balaban J connectivity index is 2.22. The van der Waals surface area contributed by atoms with Crippen LogP contribution in [0.3, 0.4) is 0 Å². The van der Waals surface area contributed by atoms with Gasteiger partial charge in [0.25, 0.3) is 0 Å².